The summed E-state index contributed by atoms with van der Waals surface area (Å²) in [6, 6.07) is 1.85. The molecule has 0 aromatic carbocycles. The van der Waals surface area contributed by atoms with Crippen molar-refractivity contribution in [3.8, 4) is 0 Å². The second-order valence-corrected chi connectivity index (χ2v) is 5.61. The Hall–Kier alpha value is -2.05. The van der Waals surface area contributed by atoms with Crippen molar-refractivity contribution in [1.82, 2.24) is 15.1 Å². The lowest BCUT2D eigenvalue weighted by Gasteiger charge is -2.29. The lowest BCUT2D eigenvalue weighted by atomic mass is 9.78. The average molecular weight is 293 g/mol. The molecule has 4 N–H and O–H groups in total. The maximum Gasteiger partial charge on any atom is 0.234 e. The number of hydrogen-bond donors (Lipinski definition) is 3. The summed E-state index contributed by atoms with van der Waals surface area (Å²) in [4.78, 5) is 12.7. The fourth-order valence-corrected chi connectivity index (χ4v) is 2.94. The average Bonchev–Trinajstić information content (AvgIpc) is 2.76. The topological polar surface area (TPSA) is 106 Å². The molecule has 1 fully saturated rings. The van der Waals surface area contributed by atoms with Crippen LogP contribution in [-0.2, 0) is 18.4 Å². The molecule has 21 heavy (non-hydrogen) atoms. The Morgan fingerprint density at radius 1 is 1.48 bits per heavy atom. The molecule has 0 spiro atoms. The van der Waals surface area contributed by atoms with Gasteiger partial charge in [0.1, 0.15) is 5.41 Å². The van der Waals surface area contributed by atoms with Crippen molar-refractivity contribution in [3.63, 3.8) is 0 Å². The van der Waals surface area contributed by atoms with Crippen molar-refractivity contribution in [1.29, 1.82) is 0 Å². The first-order valence-electron chi connectivity index (χ1n) is 7.33. The van der Waals surface area contributed by atoms with Crippen LogP contribution in [0.2, 0.25) is 0 Å². The highest BCUT2D eigenvalue weighted by Crippen LogP contribution is 2.35. The number of aryl methyl sites for hydroxylation is 1. The molecule has 0 atom stereocenters. The first-order chi connectivity index (χ1) is 10.1. The van der Waals surface area contributed by atoms with Gasteiger partial charge in [-0.3, -0.25) is 9.48 Å². The number of nitrogens with two attached hydrogens (primary N) is 1. The first-order valence-corrected chi connectivity index (χ1v) is 7.33. The number of aromatic nitrogens is 2. The van der Waals surface area contributed by atoms with Crippen LogP contribution in [0, 0.1) is 5.41 Å². The molecule has 7 heteroatoms. The highest BCUT2D eigenvalue weighted by Gasteiger charge is 2.42. The van der Waals surface area contributed by atoms with Gasteiger partial charge in [-0.25, -0.2) is 0 Å². The monoisotopic (exact) mass is 293 g/mol. The summed E-state index contributed by atoms with van der Waals surface area (Å²) in [5, 5.41) is 19.2. The SMILES string of the molecule is Cn1nccc1CNC(=O)C1(C(N)=NO)CCCCCC1. The molecule has 2 rings (SSSR count). The number of carbonyl (C=O) groups is 1. The van der Waals surface area contributed by atoms with Gasteiger partial charge in [-0.1, -0.05) is 30.8 Å². The number of oxime groups is 1. The molecule has 0 bridgehead atoms. The van der Waals surface area contributed by atoms with Gasteiger partial charge in [0.05, 0.1) is 12.2 Å². The van der Waals surface area contributed by atoms with E-state index in [0.29, 0.717) is 19.4 Å². The van der Waals surface area contributed by atoms with E-state index in [9.17, 15) is 4.79 Å². The van der Waals surface area contributed by atoms with Crippen molar-refractivity contribution < 1.29 is 10.0 Å². The first kappa shape index (κ1) is 15.3. The Balaban J connectivity index is 2.12. The van der Waals surface area contributed by atoms with E-state index in [2.05, 4.69) is 15.6 Å². The number of amides is 1. The maximum absolute atomic E-state index is 12.7. The van der Waals surface area contributed by atoms with Crippen LogP contribution in [0.5, 0.6) is 0 Å². The van der Waals surface area contributed by atoms with Gasteiger partial charge in [0, 0.05) is 13.2 Å². The zero-order valence-corrected chi connectivity index (χ0v) is 12.4. The minimum Gasteiger partial charge on any atom is -0.409 e. The zero-order chi connectivity index (χ0) is 15.3. The van der Waals surface area contributed by atoms with Crippen molar-refractivity contribution in [2.45, 2.75) is 45.1 Å². The largest absolute Gasteiger partial charge is 0.409 e. The van der Waals surface area contributed by atoms with Crippen molar-refractivity contribution in [3.05, 3.63) is 18.0 Å². The fraction of sp³-hybridized carbons (Fsp3) is 0.643. The third-order valence-corrected chi connectivity index (χ3v) is 4.34. The van der Waals surface area contributed by atoms with Gasteiger partial charge >= 0.3 is 0 Å². The van der Waals surface area contributed by atoms with E-state index >= 15 is 0 Å². The summed E-state index contributed by atoms with van der Waals surface area (Å²) in [5.74, 6) is -0.146. The van der Waals surface area contributed by atoms with Crippen LogP contribution in [0.4, 0.5) is 0 Å². The van der Waals surface area contributed by atoms with Crippen LogP contribution in [-0.4, -0.2) is 26.7 Å². The van der Waals surface area contributed by atoms with E-state index in [-0.39, 0.29) is 11.7 Å². The van der Waals surface area contributed by atoms with Gasteiger partial charge in [-0.15, -0.1) is 0 Å². The zero-order valence-electron chi connectivity index (χ0n) is 12.4. The van der Waals surface area contributed by atoms with E-state index in [4.69, 9.17) is 10.9 Å². The van der Waals surface area contributed by atoms with Crippen molar-refractivity contribution in [2.24, 2.45) is 23.4 Å². The molecule has 1 aromatic heterocycles. The van der Waals surface area contributed by atoms with Gasteiger partial charge < -0.3 is 16.3 Å². The Kier molecular flexibility index (Phi) is 4.82. The number of nitrogens with zero attached hydrogens (tertiary/aromatic N) is 3. The van der Waals surface area contributed by atoms with Crippen LogP contribution >= 0.6 is 0 Å². The number of amidine groups is 1. The number of rotatable bonds is 4. The Morgan fingerprint density at radius 2 is 2.14 bits per heavy atom. The summed E-state index contributed by atoms with van der Waals surface area (Å²) < 4.78 is 1.71. The van der Waals surface area contributed by atoms with Crippen molar-refractivity contribution >= 4 is 11.7 Å². The third kappa shape index (κ3) is 3.17. The Labute approximate surface area is 124 Å². The predicted octanol–water partition coefficient (Wildman–Crippen LogP) is 1.12. The van der Waals surface area contributed by atoms with Crippen LogP contribution in [0.15, 0.2) is 17.4 Å². The third-order valence-electron chi connectivity index (χ3n) is 4.34. The molecule has 1 amide bonds. The van der Waals surface area contributed by atoms with E-state index in [0.717, 1.165) is 31.4 Å². The van der Waals surface area contributed by atoms with E-state index in [1.54, 1.807) is 10.9 Å². The maximum atomic E-state index is 12.7. The standard InChI is InChI=1S/C14H23N5O2/c1-19-11(6-9-17-19)10-16-13(20)14(12(15)18-21)7-4-2-3-5-8-14/h6,9,21H,2-5,7-8,10H2,1H3,(H2,15,18)(H,16,20). The molecule has 0 saturated heterocycles. The molecule has 1 aliphatic carbocycles. The quantitative estimate of drug-likeness (QED) is 0.254. The molecule has 116 valence electrons. The molecule has 0 unspecified atom stereocenters. The van der Waals surface area contributed by atoms with E-state index < -0.39 is 5.41 Å². The van der Waals surface area contributed by atoms with Gasteiger partial charge in [0.25, 0.3) is 0 Å². The van der Waals surface area contributed by atoms with Gasteiger partial charge in [0.2, 0.25) is 5.91 Å². The lowest BCUT2D eigenvalue weighted by molar-refractivity contribution is -0.128. The summed E-state index contributed by atoms with van der Waals surface area (Å²) in [6.45, 7) is 0.385. The molecule has 1 heterocycles. The lowest BCUT2D eigenvalue weighted by Crippen LogP contribution is -2.49. The number of hydrogen-bond acceptors (Lipinski definition) is 4. The Bertz CT molecular complexity index is 515. The van der Waals surface area contributed by atoms with Crippen LogP contribution in [0.25, 0.3) is 0 Å². The molecule has 1 saturated carbocycles. The smallest absolute Gasteiger partial charge is 0.234 e. The van der Waals surface area contributed by atoms with Crippen LogP contribution in [0.1, 0.15) is 44.2 Å². The van der Waals surface area contributed by atoms with Crippen LogP contribution in [0.3, 0.4) is 0 Å². The van der Waals surface area contributed by atoms with Crippen LogP contribution < -0.4 is 11.1 Å². The molecule has 1 aromatic rings. The van der Waals surface area contributed by atoms with Gasteiger partial charge in [-0.05, 0) is 18.9 Å². The fourth-order valence-electron chi connectivity index (χ4n) is 2.94. The normalized spacial score (nSPS) is 19.0. The molecule has 7 nitrogen and oxygen atoms in total. The minimum absolute atomic E-state index is 0.0203. The molecule has 0 radical (unpaired) electrons. The second kappa shape index (κ2) is 6.60. The summed E-state index contributed by atoms with van der Waals surface area (Å²) in [7, 11) is 1.83. The number of carbonyl (C=O) groups excluding carboxylic acids is 1. The van der Waals surface area contributed by atoms with Crippen molar-refractivity contribution in [2.75, 3.05) is 0 Å². The van der Waals surface area contributed by atoms with E-state index in [1.807, 2.05) is 13.1 Å². The summed E-state index contributed by atoms with van der Waals surface area (Å²) in [6.07, 6.45) is 6.92. The number of nitrogens with one attached hydrogen (secondary N) is 1. The van der Waals surface area contributed by atoms with E-state index in [1.165, 1.54) is 0 Å². The highest BCUT2D eigenvalue weighted by atomic mass is 16.4. The molecule has 0 aliphatic heterocycles. The molecule has 1 aliphatic rings. The minimum atomic E-state index is -0.885. The molecular weight excluding hydrogens is 270 g/mol. The van der Waals surface area contributed by atoms with Gasteiger partial charge in [0.15, 0.2) is 5.84 Å². The second-order valence-electron chi connectivity index (χ2n) is 5.61. The summed E-state index contributed by atoms with van der Waals surface area (Å²) in [5.41, 5.74) is 5.88. The summed E-state index contributed by atoms with van der Waals surface area (Å²) >= 11 is 0. The molecular formula is C14H23N5O2. The predicted molar refractivity (Wildman–Crippen MR) is 78.6 cm³/mol. The highest BCUT2D eigenvalue weighted by molar-refractivity contribution is 6.06. The van der Waals surface area contributed by atoms with Gasteiger partial charge in [-0.2, -0.15) is 5.10 Å². The Morgan fingerprint density at radius 3 is 2.67 bits per heavy atom.